The van der Waals surface area contributed by atoms with Gasteiger partial charge in [-0.3, -0.25) is 0 Å². The predicted octanol–water partition coefficient (Wildman–Crippen LogP) is -1.70. The minimum atomic E-state index is -1.60. The molecule has 0 atom stereocenters. The number of terminal acetylenes is 1. The molecular weight excluding hydrogens is 172 g/mol. The second-order valence-electron chi connectivity index (χ2n) is 2.64. The lowest BCUT2D eigenvalue weighted by molar-refractivity contribution is -0.332. The summed E-state index contributed by atoms with van der Waals surface area (Å²) >= 11 is 0. The van der Waals surface area contributed by atoms with Crippen molar-refractivity contribution >= 4 is 11.9 Å². The summed E-state index contributed by atoms with van der Waals surface area (Å²) in [5, 5.41) is 20.5. The fourth-order valence-electron chi connectivity index (χ4n) is 0.907. The summed E-state index contributed by atoms with van der Waals surface area (Å²) in [6.45, 7) is 0. The number of carboxylic acids is 2. The first-order valence-corrected chi connectivity index (χ1v) is 3.94. The van der Waals surface area contributed by atoms with E-state index in [0.29, 0.717) is 19.3 Å². The van der Waals surface area contributed by atoms with E-state index in [-0.39, 0.29) is 6.42 Å². The Kier molecular flexibility index (Phi) is 5.37. The Hall–Kier alpha value is -1.50. The molecule has 0 rings (SSSR count). The van der Waals surface area contributed by atoms with E-state index in [2.05, 4.69) is 5.92 Å². The zero-order valence-electron chi connectivity index (χ0n) is 7.12. The first-order valence-electron chi connectivity index (χ1n) is 3.94. The van der Waals surface area contributed by atoms with Crippen LogP contribution in [0.25, 0.3) is 0 Å². The van der Waals surface area contributed by atoms with Gasteiger partial charge in [-0.25, -0.2) is 0 Å². The first-order chi connectivity index (χ1) is 6.09. The molecule has 0 aliphatic rings. The Labute approximate surface area is 76.6 Å². The van der Waals surface area contributed by atoms with Crippen LogP contribution in [-0.2, 0) is 9.59 Å². The van der Waals surface area contributed by atoms with Crippen molar-refractivity contribution in [2.75, 3.05) is 0 Å². The number of carboxylic acid groups (broad SMARTS) is 2. The van der Waals surface area contributed by atoms with Gasteiger partial charge in [-0.05, 0) is 12.8 Å². The van der Waals surface area contributed by atoms with E-state index in [4.69, 9.17) is 6.42 Å². The molecule has 0 N–H and O–H groups in total. The fourth-order valence-corrected chi connectivity index (χ4v) is 0.907. The minimum Gasteiger partial charge on any atom is -0.549 e. The monoisotopic (exact) mass is 182 g/mol. The maximum atomic E-state index is 10.2. The summed E-state index contributed by atoms with van der Waals surface area (Å²) in [4.78, 5) is 20.5. The summed E-state index contributed by atoms with van der Waals surface area (Å²) in [5.74, 6) is -2.34. The average Bonchev–Trinajstić information content (AvgIpc) is 2.02. The third-order valence-electron chi connectivity index (χ3n) is 1.63. The van der Waals surface area contributed by atoms with Crippen molar-refractivity contribution in [1.29, 1.82) is 0 Å². The molecule has 13 heavy (non-hydrogen) atoms. The Balaban J connectivity index is 3.79. The van der Waals surface area contributed by atoms with Crippen LogP contribution in [0.5, 0.6) is 0 Å². The van der Waals surface area contributed by atoms with E-state index < -0.39 is 17.9 Å². The summed E-state index contributed by atoms with van der Waals surface area (Å²) in [5.41, 5.74) is 0. The van der Waals surface area contributed by atoms with E-state index in [1.807, 2.05) is 0 Å². The van der Waals surface area contributed by atoms with Crippen molar-refractivity contribution in [3.63, 3.8) is 0 Å². The van der Waals surface area contributed by atoms with Crippen molar-refractivity contribution < 1.29 is 19.8 Å². The van der Waals surface area contributed by atoms with E-state index >= 15 is 0 Å². The number of rotatable bonds is 6. The zero-order valence-corrected chi connectivity index (χ0v) is 7.12. The van der Waals surface area contributed by atoms with Gasteiger partial charge in [0.2, 0.25) is 0 Å². The molecule has 0 aliphatic carbocycles. The van der Waals surface area contributed by atoms with Crippen LogP contribution >= 0.6 is 0 Å². The third-order valence-corrected chi connectivity index (χ3v) is 1.63. The third kappa shape index (κ3) is 4.86. The maximum Gasteiger partial charge on any atom is 0.0501 e. The van der Waals surface area contributed by atoms with Gasteiger partial charge in [0.05, 0.1) is 11.9 Å². The van der Waals surface area contributed by atoms with Crippen LogP contribution in [0.3, 0.4) is 0 Å². The molecule has 0 radical (unpaired) electrons. The smallest absolute Gasteiger partial charge is 0.0501 e. The molecule has 0 saturated heterocycles. The van der Waals surface area contributed by atoms with Crippen LogP contribution in [0, 0.1) is 18.3 Å². The van der Waals surface area contributed by atoms with Gasteiger partial charge in [0.25, 0.3) is 0 Å². The standard InChI is InChI=1S/C9H12O4/c1-2-3-4-5-6-7(8(10)11)9(12)13/h1,7H,3-6H2,(H,10,11)(H,12,13)/p-2. The predicted molar refractivity (Wildman–Crippen MR) is 40.8 cm³/mol. The lowest BCUT2D eigenvalue weighted by atomic mass is 10.0. The topological polar surface area (TPSA) is 80.3 Å². The fraction of sp³-hybridized carbons (Fsp3) is 0.556. The normalized spacial score (nSPS) is 9.54. The van der Waals surface area contributed by atoms with Crippen molar-refractivity contribution in [3.05, 3.63) is 0 Å². The van der Waals surface area contributed by atoms with Gasteiger partial charge in [-0.15, -0.1) is 12.3 Å². The minimum absolute atomic E-state index is 0.0202. The number of carbonyl (C=O) groups excluding carboxylic acids is 2. The summed E-state index contributed by atoms with van der Waals surface area (Å²) < 4.78 is 0. The Bertz CT molecular complexity index is 212. The number of hydrogen-bond donors (Lipinski definition) is 0. The van der Waals surface area contributed by atoms with Gasteiger partial charge in [0, 0.05) is 12.3 Å². The van der Waals surface area contributed by atoms with Crippen molar-refractivity contribution in [2.24, 2.45) is 5.92 Å². The van der Waals surface area contributed by atoms with Gasteiger partial charge in [0.15, 0.2) is 0 Å². The van der Waals surface area contributed by atoms with Crippen LogP contribution in [0.15, 0.2) is 0 Å². The summed E-state index contributed by atoms with van der Waals surface area (Å²) in [6, 6.07) is 0. The van der Waals surface area contributed by atoms with E-state index in [0.717, 1.165) is 0 Å². The Morgan fingerprint density at radius 2 is 1.77 bits per heavy atom. The molecule has 0 unspecified atom stereocenters. The van der Waals surface area contributed by atoms with Crippen molar-refractivity contribution in [1.82, 2.24) is 0 Å². The second kappa shape index (κ2) is 6.06. The van der Waals surface area contributed by atoms with E-state index in [1.165, 1.54) is 0 Å². The quantitative estimate of drug-likeness (QED) is 0.278. The molecule has 0 fully saturated rings. The first kappa shape index (κ1) is 11.5. The Morgan fingerprint density at radius 1 is 1.23 bits per heavy atom. The number of carbonyl (C=O) groups is 2. The number of hydrogen-bond acceptors (Lipinski definition) is 4. The van der Waals surface area contributed by atoms with E-state index in [9.17, 15) is 19.8 Å². The van der Waals surface area contributed by atoms with Gasteiger partial charge in [-0.1, -0.05) is 6.42 Å². The van der Waals surface area contributed by atoms with Crippen LogP contribution in [0.4, 0.5) is 0 Å². The van der Waals surface area contributed by atoms with Crippen LogP contribution in [-0.4, -0.2) is 11.9 Å². The molecule has 0 aliphatic heterocycles. The molecule has 0 bridgehead atoms. The summed E-state index contributed by atoms with van der Waals surface area (Å²) in [6.07, 6.45) is 6.57. The molecule has 0 saturated carbocycles. The lowest BCUT2D eigenvalue weighted by Crippen LogP contribution is -2.43. The molecule has 0 aromatic carbocycles. The molecule has 0 amide bonds. The van der Waals surface area contributed by atoms with Crippen molar-refractivity contribution in [3.8, 4) is 12.3 Å². The molecule has 0 aromatic rings. The highest BCUT2D eigenvalue weighted by Gasteiger charge is 2.09. The van der Waals surface area contributed by atoms with Crippen LogP contribution in [0.2, 0.25) is 0 Å². The highest BCUT2D eigenvalue weighted by molar-refractivity contribution is 5.90. The van der Waals surface area contributed by atoms with Gasteiger partial charge in [-0.2, -0.15) is 0 Å². The SMILES string of the molecule is C#CCCCCC(C(=O)[O-])C(=O)[O-]. The lowest BCUT2D eigenvalue weighted by Gasteiger charge is -2.18. The highest BCUT2D eigenvalue weighted by Crippen LogP contribution is 2.08. The molecule has 4 heteroatoms. The van der Waals surface area contributed by atoms with E-state index in [1.54, 1.807) is 0 Å². The van der Waals surface area contributed by atoms with Gasteiger partial charge in [0.1, 0.15) is 0 Å². The van der Waals surface area contributed by atoms with Gasteiger partial charge >= 0.3 is 0 Å². The average molecular weight is 182 g/mol. The number of aliphatic carboxylic acids is 2. The number of unbranched alkanes of at least 4 members (excludes halogenated alkanes) is 2. The largest absolute Gasteiger partial charge is 0.549 e. The van der Waals surface area contributed by atoms with Crippen molar-refractivity contribution in [2.45, 2.75) is 25.7 Å². The molecule has 4 nitrogen and oxygen atoms in total. The van der Waals surface area contributed by atoms with Crippen LogP contribution < -0.4 is 10.2 Å². The molecule has 0 spiro atoms. The van der Waals surface area contributed by atoms with Gasteiger partial charge < -0.3 is 19.8 Å². The maximum absolute atomic E-state index is 10.2. The summed E-state index contributed by atoms with van der Waals surface area (Å²) in [7, 11) is 0. The molecule has 0 aromatic heterocycles. The zero-order chi connectivity index (χ0) is 10.3. The molecule has 0 heterocycles. The highest BCUT2D eigenvalue weighted by atomic mass is 16.4. The van der Waals surface area contributed by atoms with Crippen LogP contribution in [0.1, 0.15) is 25.7 Å². The molecule has 72 valence electrons. The second-order valence-corrected chi connectivity index (χ2v) is 2.64. The molecular formula is C9H10O4-2. The Morgan fingerprint density at radius 3 is 2.15 bits per heavy atom.